The number of carbonyl (C=O) groups excluding carboxylic acids is 1. The summed E-state index contributed by atoms with van der Waals surface area (Å²) in [6.07, 6.45) is 0.895. The average molecular weight is 212 g/mol. The molecule has 0 aromatic carbocycles. The van der Waals surface area contributed by atoms with Gasteiger partial charge in [0.05, 0.1) is 0 Å². The highest BCUT2D eigenvalue weighted by atomic mass is 32.1. The molecule has 14 heavy (non-hydrogen) atoms. The minimum Gasteiger partial charge on any atom is -0.341 e. The number of hydrogen-bond acceptors (Lipinski definition) is 2. The van der Waals surface area contributed by atoms with Gasteiger partial charge in [-0.15, -0.1) is 11.3 Å². The first kappa shape index (κ1) is 11.0. The van der Waals surface area contributed by atoms with Gasteiger partial charge in [0.15, 0.2) is 0 Å². The molecule has 0 spiro atoms. The molecular weight excluding hydrogens is 196 g/mol. The highest BCUT2D eigenvalue weighted by molar-refractivity contribution is 7.11. The lowest BCUT2D eigenvalue weighted by Gasteiger charge is -2.11. The van der Waals surface area contributed by atoms with Gasteiger partial charge in [-0.2, -0.15) is 0 Å². The van der Waals surface area contributed by atoms with Crippen LogP contribution < -0.4 is 10.6 Å². The van der Waals surface area contributed by atoms with Crippen molar-refractivity contribution in [3.05, 3.63) is 21.9 Å². The van der Waals surface area contributed by atoms with Crippen LogP contribution in [0.3, 0.4) is 0 Å². The minimum atomic E-state index is -0.120. The molecule has 2 amide bonds. The zero-order valence-corrected chi connectivity index (χ0v) is 9.57. The van der Waals surface area contributed by atoms with Crippen LogP contribution in [0.15, 0.2) is 12.1 Å². The van der Waals surface area contributed by atoms with E-state index in [2.05, 4.69) is 29.7 Å². The zero-order chi connectivity index (χ0) is 10.6. The van der Waals surface area contributed by atoms with Crippen LogP contribution in [0.4, 0.5) is 4.79 Å². The van der Waals surface area contributed by atoms with Crippen LogP contribution in [0.1, 0.15) is 16.7 Å². The number of urea groups is 1. The fraction of sp³-hybridized carbons (Fsp3) is 0.500. The Morgan fingerprint density at radius 1 is 1.57 bits per heavy atom. The average Bonchev–Trinajstić information content (AvgIpc) is 2.50. The maximum Gasteiger partial charge on any atom is 0.314 e. The summed E-state index contributed by atoms with van der Waals surface area (Å²) >= 11 is 1.78. The van der Waals surface area contributed by atoms with Crippen molar-refractivity contribution in [1.82, 2.24) is 10.6 Å². The molecule has 4 heteroatoms. The van der Waals surface area contributed by atoms with Crippen LogP contribution in [-0.2, 0) is 6.42 Å². The Morgan fingerprint density at radius 2 is 2.29 bits per heavy atom. The summed E-state index contributed by atoms with van der Waals surface area (Å²) in [5.41, 5.74) is 0. The predicted molar refractivity (Wildman–Crippen MR) is 59.8 cm³/mol. The molecule has 1 unspecified atom stereocenters. The van der Waals surface area contributed by atoms with Crippen molar-refractivity contribution in [2.24, 2.45) is 0 Å². The standard InChI is InChI=1S/C10H16N2OS/c1-7(12-10(13)11-3)6-9-5-4-8(2)14-9/h4-5,7H,6H2,1-3H3,(H2,11,12,13). The quantitative estimate of drug-likeness (QED) is 0.789. The number of aryl methyl sites for hydroxylation is 1. The number of carbonyl (C=O) groups is 1. The van der Waals surface area contributed by atoms with E-state index in [0.717, 1.165) is 6.42 Å². The van der Waals surface area contributed by atoms with Gasteiger partial charge < -0.3 is 10.6 Å². The smallest absolute Gasteiger partial charge is 0.314 e. The molecule has 2 N–H and O–H groups in total. The van der Waals surface area contributed by atoms with E-state index in [1.807, 2.05) is 6.92 Å². The third kappa shape index (κ3) is 3.38. The van der Waals surface area contributed by atoms with E-state index in [1.54, 1.807) is 18.4 Å². The van der Waals surface area contributed by atoms with Gasteiger partial charge in [-0.3, -0.25) is 0 Å². The lowest BCUT2D eigenvalue weighted by atomic mass is 10.2. The minimum absolute atomic E-state index is 0.120. The number of amides is 2. The van der Waals surface area contributed by atoms with E-state index < -0.39 is 0 Å². The lowest BCUT2D eigenvalue weighted by molar-refractivity contribution is 0.240. The predicted octanol–water partition coefficient (Wildman–Crippen LogP) is 1.92. The third-order valence-corrected chi connectivity index (χ3v) is 2.93. The molecule has 1 aromatic heterocycles. The molecule has 78 valence electrons. The summed E-state index contributed by atoms with van der Waals surface area (Å²) in [5, 5.41) is 5.38. The van der Waals surface area contributed by atoms with E-state index in [9.17, 15) is 4.79 Å². The van der Waals surface area contributed by atoms with Crippen LogP contribution >= 0.6 is 11.3 Å². The van der Waals surface area contributed by atoms with Gasteiger partial charge in [0.2, 0.25) is 0 Å². The summed E-state index contributed by atoms with van der Waals surface area (Å²) in [7, 11) is 1.62. The summed E-state index contributed by atoms with van der Waals surface area (Å²) in [6.45, 7) is 4.09. The maximum absolute atomic E-state index is 11.0. The first-order valence-corrected chi connectivity index (χ1v) is 5.47. The highest BCUT2D eigenvalue weighted by Gasteiger charge is 2.07. The van der Waals surface area contributed by atoms with Gasteiger partial charge in [0, 0.05) is 29.3 Å². The van der Waals surface area contributed by atoms with E-state index in [4.69, 9.17) is 0 Å². The largest absolute Gasteiger partial charge is 0.341 e. The van der Waals surface area contributed by atoms with Gasteiger partial charge in [-0.1, -0.05) is 0 Å². The van der Waals surface area contributed by atoms with E-state index >= 15 is 0 Å². The molecular formula is C10H16N2OS. The van der Waals surface area contributed by atoms with Crippen LogP contribution in [0, 0.1) is 6.92 Å². The van der Waals surface area contributed by atoms with Gasteiger partial charge >= 0.3 is 6.03 Å². The molecule has 1 rings (SSSR count). The normalized spacial score (nSPS) is 12.2. The number of nitrogens with one attached hydrogen (secondary N) is 2. The topological polar surface area (TPSA) is 41.1 Å². The molecule has 0 saturated heterocycles. The van der Waals surface area contributed by atoms with Crippen molar-refractivity contribution in [3.8, 4) is 0 Å². The second kappa shape index (κ2) is 5.00. The Hall–Kier alpha value is -1.03. The molecule has 0 saturated carbocycles. The number of rotatable bonds is 3. The molecule has 0 aliphatic heterocycles. The van der Waals surface area contributed by atoms with Crippen LogP contribution in [-0.4, -0.2) is 19.1 Å². The van der Waals surface area contributed by atoms with Crippen molar-refractivity contribution in [2.45, 2.75) is 26.3 Å². The van der Waals surface area contributed by atoms with Gasteiger partial charge in [-0.25, -0.2) is 4.79 Å². The fourth-order valence-corrected chi connectivity index (χ4v) is 2.26. The Morgan fingerprint density at radius 3 is 2.79 bits per heavy atom. The van der Waals surface area contributed by atoms with Crippen molar-refractivity contribution < 1.29 is 4.79 Å². The zero-order valence-electron chi connectivity index (χ0n) is 8.76. The monoisotopic (exact) mass is 212 g/mol. The third-order valence-electron chi connectivity index (χ3n) is 1.91. The van der Waals surface area contributed by atoms with Crippen LogP contribution in [0.25, 0.3) is 0 Å². The Kier molecular flexibility index (Phi) is 3.95. The highest BCUT2D eigenvalue weighted by Crippen LogP contribution is 2.16. The molecule has 0 aliphatic carbocycles. The Labute approximate surface area is 88.5 Å². The fourth-order valence-electron chi connectivity index (χ4n) is 1.24. The number of thiophene rings is 1. The lowest BCUT2D eigenvalue weighted by Crippen LogP contribution is -2.39. The molecule has 3 nitrogen and oxygen atoms in total. The first-order chi connectivity index (χ1) is 6.61. The molecule has 0 bridgehead atoms. The molecule has 1 aromatic rings. The van der Waals surface area contributed by atoms with E-state index in [0.29, 0.717) is 0 Å². The van der Waals surface area contributed by atoms with Crippen LogP contribution in [0.5, 0.6) is 0 Å². The molecule has 1 heterocycles. The van der Waals surface area contributed by atoms with Gasteiger partial charge in [0.1, 0.15) is 0 Å². The summed E-state index contributed by atoms with van der Waals surface area (Å²) in [5.74, 6) is 0. The number of hydrogen-bond donors (Lipinski definition) is 2. The molecule has 0 fully saturated rings. The second-order valence-electron chi connectivity index (χ2n) is 3.34. The molecule has 1 atom stereocenters. The summed E-state index contributed by atoms with van der Waals surface area (Å²) in [4.78, 5) is 13.6. The Balaban J connectivity index is 2.41. The summed E-state index contributed by atoms with van der Waals surface area (Å²) < 4.78 is 0. The van der Waals surface area contributed by atoms with E-state index in [-0.39, 0.29) is 12.1 Å². The molecule has 0 radical (unpaired) electrons. The summed E-state index contributed by atoms with van der Waals surface area (Å²) in [6, 6.07) is 4.27. The van der Waals surface area contributed by atoms with Gasteiger partial charge in [-0.05, 0) is 26.0 Å². The van der Waals surface area contributed by atoms with Crippen molar-refractivity contribution >= 4 is 17.4 Å². The van der Waals surface area contributed by atoms with Crippen LogP contribution in [0.2, 0.25) is 0 Å². The van der Waals surface area contributed by atoms with Crippen molar-refractivity contribution in [3.63, 3.8) is 0 Å². The SMILES string of the molecule is CNC(=O)NC(C)Cc1ccc(C)s1. The van der Waals surface area contributed by atoms with Gasteiger partial charge in [0.25, 0.3) is 0 Å². The van der Waals surface area contributed by atoms with Crippen molar-refractivity contribution in [1.29, 1.82) is 0 Å². The second-order valence-corrected chi connectivity index (χ2v) is 4.71. The van der Waals surface area contributed by atoms with E-state index in [1.165, 1.54) is 9.75 Å². The first-order valence-electron chi connectivity index (χ1n) is 4.65. The van der Waals surface area contributed by atoms with Crippen molar-refractivity contribution in [2.75, 3.05) is 7.05 Å². The molecule has 0 aliphatic rings. The maximum atomic E-state index is 11.0. The Bertz CT molecular complexity index is 309.